The van der Waals surface area contributed by atoms with Crippen LogP contribution in [0.15, 0.2) is 48.5 Å². The summed E-state index contributed by atoms with van der Waals surface area (Å²) in [5.74, 6) is -0.590. The van der Waals surface area contributed by atoms with Gasteiger partial charge in [0.2, 0.25) is 5.91 Å². The van der Waals surface area contributed by atoms with Crippen molar-refractivity contribution in [1.29, 1.82) is 0 Å². The molecular formula is C24H29FN4O3. The molecule has 2 aromatic carbocycles. The molecule has 0 unspecified atom stereocenters. The van der Waals surface area contributed by atoms with Gasteiger partial charge in [-0.1, -0.05) is 24.3 Å². The van der Waals surface area contributed by atoms with Crippen LogP contribution in [0.25, 0.3) is 0 Å². The van der Waals surface area contributed by atoms with Crippen LogP contribution < -0.4 is 16.0 Å². The summed E-state index contributed by atoms with van der Waals surface area (Å²) in [5, 5.41) is 8.10. The molecule has 0 radical (unpaired) electrons. The predicted molar refractivity (Wildman–Crippen MR) is 120 cm³/mol. The van der Waals surface area contributed by atoms with Gasteiger partial charge in [0.1, 0.15) is 5.82 Å². The zero-order valence-corrected chi connectivity index (χ0v) is 18.0. The lowest BCUT2D eigenvalue weighted by atomic mass is 10.1. The summed E-state index contributed by atoms with van der Waals surface area (Å²) < 4.78 is 13.2. The van der Waals surface area contributed by atoms with Gasteiger partial charge >= 0.3 is 6.03 Å². The molecule has 8 heteroatoms. The summed E-state index contributed by atoms with van der Waals surface area (Å²) in [6, 6.07) is 12.8. The molecule has 0 spiro atoms. The van der Waals surface area contributed by atoms with Crippen LogP contribution in [0.3, 0.4) is 0 Å². The average molecular weight is 441 g/mol. The number of hydrogen-bond acceptors (Lipinski definition) is 3. The molecular weight excluding hydrogens is 411 g/mol. The van der Waals surface area contributed by atoms with Crippen molar-refractivity contribution in [1.82, 2.24) is 20.9 Å². The van der Waals surface area contributed by atoms with Crippen molar-refractivity contribution in [3.63, 3.8) is 0 Å². The van der Waals surface area contributed by atoms with Crippen LogP contribution in [-0.4, -0.2) is 48.9 Å². The van der Waals surface area contributed by atoms with Gasteiger partial charge in [-0.2, -0.15) is 0 Å². The third kappa shape index (κ3) is 7.37. The molecule has 32 heavy (non-hydrogen) atoms. The first kappa shape index (κ1) is 23.2. The van der Waals surface area contributed by atoms with Crippen LogP contribution >= 0.6 is 0 Å². The molecule has 1 fully saturated rings. The van der Waals surface area contributed by atoms with Crippen LogP contribution in [0.4, 0.5) is 9.18 Å². The van der Waals surface area contributed by atoms with Gasteiger partial charge in [-0.25, -0.2) is 9.18 Å². The minimum absolute atomic E-state index is 0.0324. The molecule has 7 nitrogen and oxygen atoms in total. The Labute approximate surface area is 187 Å². The number of rotatable bonds is 8. The highest BCUT2D eigenvalue weighted by molar-refractivity contribution is 5.94. The Morgan fingerprint density at radius 3 is 2.34 bits per heavy atom. The maximum Gasteiger partial charge on any atom is 0.315 e. The number of piperidine rings is 1. The number of urea groups is 1. The largest absolute Gasteiger partial charge is 0.354 e. The lowest BCUT2D eigenvalue weighted by Crippen LogP contribution is -2.40. The number of carbonyl (C=O) groups excluding carboxylic acids is 3. The Hall–Kier alpha value is -3.42. The lowest BCUT2D eigenvalue weighted by molar-refractivity contribution is -0.120. The van der Waals surface area contributed by atoms with E-state index in [4.69, 9.17) is 0 Å². The standard InChI is InChI=1S/C24H29FN4O3/c25-21-9-5-6-18(15-21)16-22(30)26-10-11-27-24(32)28-17-19-7-4-8-20(14-19)23(31)29-12-2-1-3-13-29/h4-9,14-15H,1-3,10-13,16-17H2,(H,26,30)(H2,27,28,32). The highest BCUT2D eigenvalue weighted by Gasteiger charge is 2.18. The molecule has 2 aromatic rings. The maximum absolute atomic E-state index is 13.2. The van der Waals surface area contributed by atoms with E-state index in [0.717, 1.165) is 31.5 Å². The molecule has 1 aliphatic heterocycles. The van der Waals surface area contributed by atoms with Crippen molar-refractivity contribution in [2.75, 3.05) is 26.2 Å². The van der Waals surface area contributed by atoms with E-state index >= 15 is 0 Å². The molecule has 0 atom stereocenters. The summed E-state index contributed by atoms with van der Waals surface area (Å²) >= 11 is 0. The Bertz CT molecular complexity index is 944. The smallest absolute Gasteiger partial charge is 0.315 e. The second-order valence-corrected chi connectivity index (χ2v) is 7.82. The van der Waals surface area contributed by atoms with Gasteiger partial charge in [0, 0.05) is 38.3 Å². The third-order valence-electron chi connectivity index (χ3n) is 5.26. The van der Waals surface area contributed by atoms with E-state index in [1.165, 1.54) is 18.6 Å². The van der Waals surface area contributed by atoms with Crippen LogP contribution in [0.5, 0.6) is 0 Å². The molecule has 0 bridgehead atoms. The van der Waals surface area contributed by atoms with E-state index < -0.39 is 0 Å². The third-order valence-corrected chi connectivity index (χ3v) is 5.26. The summed E-state index contributed by atoms with van der Waals surface area (Å²) in [4.78, 5) is 38.4. The van der Waals surface area contributed by atoms with Crippen molar-refractivity contribution >= 4 is 17.8 Å². The molecule has 1 aliphatic rings. The van der Waals surface area contributed by atoms with Crippen LogP contribution in [0.1, 0.15) is 40.7 Å². The van der Waals surface area contributed by atoms with Gasteiger partial charge in [-0.3, -0.25) is 9.59 Å². The van der Waals surface area contributed by atoms with Crippen molar-refractivity contribution in [2.24, 2.45) is 0 Å². The fourth-order valence-corrected chi connectivity index (χ4v) is 3.61. The number of halogens is 1. The van der Waals surface area contributed by atoms with E-state index in [0.29, 0.717) is 17.7 Å². The number of likely N-dealkylation sites (tertiary alicyclic amines) is 1. The highest BCUT2D eigenvalue weighted by atomic mass is 19.1. The van der Waals surface area contributed by atoms with Gasteiger partial charge in [-0.15, -0.1) is 0 Å². The molecule has 0 aliphatic carbocycles. The monoisotopic (exact) mass is 440 g/mol. The normalized spacial score (nSPS) is 13.3. The number of carbonyl (C=O) groups is 3. The number of nitrogens with one attached hydrogen (secondary N) is 3. The van der Waals surface area contributed by atoms with E-state index in [1.54, 1.807) is 18.2 Å². The van der Waals surface area contributed by atoms with Crippen LogP contribution in [-0.2, 0) is 17.8 Å². The van der Waals surface area contributed by atoms with Gasteiger partial charge in [0.05, 0.1) is 6.42 Å². The number of benzene rings is 2. The van der Waals surface area contributed by atoms with E-state index in [2.05, 4.69) is 16.0 Å². The van der Waals surface area contributed by atoms with Crippen molar-refractivity contribution in [2.45, 2.75) is 32.2 Å². The highest BCUT2D eigenvalue weighted by Crippen LogP contribution is 2.14. The van der Waals surface area contributed by atoms with Gasteiger partial charge < -0.3 is 20.9 Å². The van der Waals surface area contributed by atoms with Crippen LogP contribution in [0.2, 0.25) is 0 Å². The molecule has 4 amide bonds. The first-order chi connectivity index (χ1) is 15.5. The topological polar surface area (TPSA) is 90.5 Å². The average Bonchev–Trinajstić information content (AvgIpc) is 2.81. The van der Waals surface area contributed by atoms with Crippen molar-refractivity contribution < 1.29 is 18.8 Å². The fraction of sp³-hybridized carbons (Fsp3) is 0.375. The summed E-state index contributed by atoms with van der Waals surface area (Å²) in [6.45, 7) is 2.40. The first-order valence-corrected chi connectivity index (χ1v) is 10.9. The van der Waals surface area contributed by atoms with Crippen LogP contribution in [0, 0.1) is 5.82 Å². The van der Waals surface area contributed by atoms with E-state index in [-0.39, 0.29) is 43.2 Å². The Balaban J connectivity index is 1.35. The Kier molecular flexibility index (Phi) is 8.60. The molecule has 170 valence electrons. The maximum atomic E-state index is 13.2. The van der Waals surface area contributed by atoms with Gasteiger partial charge in [0.15, 0.2) is 0 Å². The van der Waals surface area contributed by atoms with Gasteiger partial charge in [0.25, 0.3) is 5.91 Å². The molecule has 3 rings (SSSR count). The van der Waals surface area contributed by atoms with Gasteiger partial charge in [-0.05, 0) is 54.7 Å². The minimum Gasteiger partial charge on any atom is -0.354 e. The second-order valence-electron chi connectivity index (χ2n) is 7.82. The van der Waals surface area contributed by atoms with Crippen molar-refractivity contribution in [3.8, 4) is 0 Å². The van der Waals surface area contributed by atoms with E-state index in [1.807, 2.05) is 23.1 Å². The molecule has 1 saturated heterocycles. The Morgan fingerprint density at radius 2 is 1.56 bits per heavy atom. The lowest BCUT2D eigenvalue weighted by Gasteiger charge is -2.26. The molecule has 1 heterocycles. The zero-order chi connectivity index (χ0) is 22.8. The number of nitrogens with zero attached hydrogens (tertiary/aromatic N) is 1. The summed E-state index contributed by atoms with van der Waals surface area (Å²) in [5.41, 5.74) is 2.06. The number of hydrogen-bond donors (Lipinski definition) is 3. The second kappa shape index (κ2) is 11.8. The first-order valence-electron chi connectivity index (χ1n) is 10.9. The summed E-state index contributed by atoms with van der Waals surface area (Å²) in [6.07, 6.45) is 3.33. The number of amides is 4. The minimum atomic E-state index is -0.380. The summed E-state index contributed by atoms with van der Waals surface area (Å²) in [7, 11) is 0. The van der Waals surface area contributed by atoms with Crippen molar-refractivity contribution in [3.05, 3.63) is 71.0 Å². The molecule has 0 aromatic heterocycles. The fourth-order valence-electron chi connectivity index (χ4n) is 3.61. The zero-order valence-electron chi connectivity index (χ0n) is 18.0. The van der Waals surface area contributed by atoms with E-state index in [9.17, 15) is 18.8 Å². The Morgan fingerprint density at radius 1 is 0.844 bits per heavy atom. The SMILES string of the molecule is O=C(Cc1cccc(F)c1)NCCNC(=O)NCc1cccc(C(=O)N2CCCCC2)c1. The molecule has 3 N–H and O–H groups in total. The quantitative estimate of drug-likeness (QED) is 0.551. The predicted octanol–water partition coefficient (Wildman–Crippen LogP) is 2.61. The molecule has 0 saturated carbocycles.